The Balaban J connectivity index is 1.57. The van der Waals surface area contributed by atoms with E-state index in [4.69, 9.17) is 0 Å². The molecule has 0 saturated heterocycles. The van der Waals surface area contributed by atoms with E-state index < -0.39 is 0 Å². The molecule has 1 aliphatic heterocycles. The van der Waals surface area contributed by atoms with Gasteiger partial charge in [0.25, 0.3) is 0 Å². The van der Waals surface area contributed by atoms with Gasteiger partial charge in [0.1, 0.15) is 0 Å². The highest BCUT2D eigenvalue weighted by atomic mass is 15.2. The number of para-hydroxylation sites is 1. The predicted molar refractivity (Wildman–Crippen MR) is 77.1 cm³/mol. The van der Waals surface area contributed by atoms with Gasteiger partial charge in [-0.15, -0.1) is 0 Å². The zero-order valence-corrected chi connectivity index (χ0v) is 11.4. The van der Waals surface area contributed by atoms with Crippen molar-refractivity contribution in [2.24, 2.45) is 0 Å². The lowest BCUT2D eigenvalue weighted by Crippen LogP contribution is -2.37. The third kappa shape index (κ3) is 2.69. The molecule has 1 atom stereocenters. The van der Waals surface area contributed by atoms with E-state index in [1.54, 1.807) is 0 Å². The average Bonchev–Trinajstić information content (AvgIpc) is 3.14. The molecule has 0 amide bonds. The van der Waals surface area contributed by atoms with Crippen LogP contribution >= 0.6 is 0 Å². The summed E-state index contributed by atoms with van der Waals surface area (Å²) in [7, 11) is 0. The Morgan fingerprint density at radius 3 is 2.83 bits per heavy atom. The zero-order valence-electron chi connectivity index (χ0n) is 11.4. The summed E-state index contributed by atoms with van der Waals surface area (Å²) in [4.78, 5) is 2.72. The molecule has 0 aromatic heterocycles. The lowest BCUT2D eigenvalue weighted by Gasteiger charge is -2.25. The van der Waals surface area contributed by atoms with Crippen molar-refractivity contribution in [2.75, 3.05) is 18.4 Å². The molecule has 0 radical (unpaired) electrons. The number of unbranched alkanes of at least 4 members (excludes halogenated alkanes) is 1. The lowest BCUT2D eigenvalue weighted by atomic mass is 10.1. The molecule has 18 heavy (non-hydrogen) atoms. The molecule has 0 bridgehead atoms. The molecule has 2 heteroatoms. The molecule has 98 valence electrons. The Morgan fingerprint density at radius 2 is 2.11 bits per heavy atom. The van der Waals surface area contributed by atoms with E-state index in [1.165, 1.54) is 56.4 Å². The number of nitrogens with one attached hydrogen (secondary N) is 1. The van der Waals surface area contributed by atoms with Gasteiger partial charge in [0.05, 0.1) is 0 Å². The van der Waals surface area contributed by atoms with E-state index in [9.17, 15) is 0 Å². The van der Waals surface area contributed by atoms with E-state index in [1.807, 2.05) is 0 Å². The summed E-state index contributed by atoms with van der Waals surface area (Å²) >= 11 is 0. The van der Waals surface area contributed by atoms with Gasteiger partial charge < -0.3 is 5.32 Å². The third-order valence-corrected chi connectivity index (χ3v) is 4.16. The summed E-state index contributed by atoms with van der Waals surface area (Å²) in [5, 5.41) is 3.68. The first-order chi connectivity index (χ1) is 8.86. The van der Waals surface area contributed by atoms with Gasteiger partial charge in [-0.05, 0) is 43.9 Å². The van der Waals surface area contributed by atoms with Crippen LogP contribution in [0, 0.1) is 0 Å². The maximum Gasteiger partial charge on any atom is 0.0429 e. The number of rotatable bonds is 6. The van der Waals surface area contributed by atoms with Crippen molar-refractivity contribution in [3.05, 3.63) is 29.8 Å². The normalized spacial score (nSPS) is 22.0. The van der Waals surface area contributed by atoms with Crippen molar-refractivity contribution in [2.45, 2.75) is 51.1 Å². The second-order valence-corrected chi connectivity index (χ2v) is 5.78. The average molecular weight is 244 g/mol. The Bertz CT molecular complexity index is 373. The monoisotopic (exact) mass is 244 g/mol. The van der Waals surface area contributed by atoms with E-state index in [-0.39, 0.29) is 0 Å². The maximum absolute atomic E-state index is 3.68. The molecule has 1 N–H and O–H groups in total. The number of hydrogen-bond donors (Lipinski definition) is 1. The van der Waals surface area contributed by atoms with Gasteiger partial charge in [-0.3, -0.25) is 4.90 Å². The molecule has 1 unspecified atom stereocenters. The van der Waals surface area contributed by atoms with Gasteiger partial charge in [0.2, 0.25) is 0 Å². The number of fused-ring (bicyclic) bond motifs is 1. The SMILES string of the molecule is CCCCN(CC1Cc2ccccc2N1)C1CC1. The van der Waals surface area contributed by atoms with Gasteiger partial charge in [0, 0.05) is 24.3 Å². The molecular weight excluding hydrogens is 220 g/mol. The van der Waals surface area contributed by atoms with Crippen LogP contribution < -0.4 is 5.32 Å². The van der Waals surface area contributed by atoms with Crippen molar-refractivity contribution in [3.63, 3.8) is 0 Å². The quantitative estimate of drug-likeness (QED) is 0.826. The van der Waals surface area contributed by atoms with Gasteiger partial charge in [-0.25, -0.2) is 0 Å². The van der Waals surface area contributed by atoms with Crippen molar-refractivity contribution >= 4 is 5.69 Å². The summed E-state index contributed by atoms with van der Waals surface area (Å²) in [6, 6.07) is 10.3. The molecule has 1 saturated carbocycles. The van der Waals surface area contributed by atoms with E-state index in [0.717, 1.165) is 6.04 Å². The van der Waals surface area contributed by atoms with Crippen molar-refractivity contribution in [1.82, 2.24) is 4.90 Å². The first kappa shape index (κ1) is 12.0. The second kappa shape index (κ2) is 5.31. The van der Waals surface area contributed by atoms with Crippen LogP contribution in [0.4, 0.5) is 5.69 Å². The molecule has 2 nitrogen and oxygen atoms in total. The van der Waals surface area contributed by atoms with Gasteiger partial charge >= 0.3 is 0 Å². The highest BCUT2D eigenvalue weighted by Crippen LogP contribution is 2.30. The fourth-order valence-electron chi connectivity index (χ4n) is 2.99. The van der Waals surface area contributed by atoms with Crippen LogP contribution in [0.2, 0.25) is 0 Å². The topological polar surface area (TPSA) is 15.3 Å². The second-order valence-electron chi connectivity index (χ2n) is 5.78. The van der Waals surface area contributed by atoms with Crippen LogP contribution in [0.15, 0.2) is 24.3 Å². The van der Waals surface area contributed by atoms with Crippen LogP contribution in [0.25, 0.3) is 0 Å². The smallest absolute Gasteiger partial charge is 0.0429 e. The van der Waals surface area contributed by atoms with Crippen LogP contribution in [0.1, 0.15) is 38.2 Å². The molecule has 2 aliphatic rings. The summed E-state index contributed by atoms with van der Waals surface area (Å²) in [6.07, 6.45) is 6.69. The van der Waals surface area contributed by atoms with Crippen molar-refractivity contribution in [1.29, 1.82) is 0 Å². The van der Waals surface area contributed by atoms with Crippen LogP contribution in [-0.2, 0) is 6.42 Å². The molecule has 1 fully saturated rings. The van der Waals surface area contributed by atoms with Gasteiger partial charge in [-0.2, -0.15) is 0 Å². The summed E-state index contributed by atoms with van der Waals surface area (Å²) < 4.78 is 0. The number of anilines is 1. The molecular formula is C16H24N2. The maximum atomic E-state index is 3.68. The minimum Gasteiger partial charge on any atom is -0.380 e. The molecule has 0 spiro atoms. The van der Waals surface area contributed by atoms with Gasteiger partial charge in [0.15, 0.2) is 0 Å². The number of hydrogen-bond acceptors (Lipinski definition) is 2. The zero-order chi connectivity index (χ0) is 12.4. The Kier molecular flexibility index (Phi) is 3.55. The van der Waals surface area contributed by atoms with Crippen LogP contribution in [-0.4, -0.2) is 30.1 Å². The largest absolute Gasteiger partial charge is 0.380 e. The van der Waals surface area contributed by atoms with Crippen molar-refractivity contribution < 1.29 is 0 Å². The summed E-state index contributed by atoms with van der Waals surface area (Å²) in [5.41, 5.74) is 2.85. The Labute approximate surface area is 110 Å². The summed E-state index contributed by atoms with van der Waals surface area (Å²) in [5.74, 6) is 0. The Hall–Kier alpha value is -1.02. The number of benzene rings is 1. The molecule has 1 aromatic carbocycles. The highest BCUT2D eigenvalue weighted by Gasteiger charge is 2.31. The standard InChI is InChI=1S/C16H24N2/c1-2-3-10-18(15-8-9-15)12-14-11-13-6-4-5-7-16(13)17-14/h4-7,14-15,17H,2-3,8-12H2,1H3. The highest BCUT2D eigenvalue weighted by molar-refractivity contribution is 5.56. The van der Waals surface area contributed by atoms with Crippen LogP contribution in [0.5, 0.6) is 0 Å². The fourth-order valence-corrected chi connectivity index (χ4v) is 2.99. The predicted octanol–water partition coefficient (Wildman–Crippen LogP) is 3.29. The van der Waals surface area contributed by atoms with E-state index in [0.29, 0.717) is 6.04 Å². The third-order valence-electron chi connectivity index (χ3n) is 4.16. The van der Waals surface area contributed by atoms with Gasteiger partial charge in [-0.1, -0.05) is 31.5 Å². The first-order valence-corrected chi connectivity index (χ1v) is 7.45. The molecule has 1 aliphatic carbocycles. The summed E-state index contributed by atoms with van der Waals surface area (Å²) in [6.45, 7) is 4.80. The first-order valence-electron chi connectivity index (χ1n) is 7.45. The molecule has 3 rings (SSSR count). The fraction of sp³-hybridized carbons (Fsp3) is 0.625. The van der Waals surface area contributed by atoms with E-state index in [2.05, 4.69) is 41.4 Å². The number of nitrogens with zero attached hydrogens (tertiary/aromatic N) is 1. The Morgan fingerprint density at radius 1 is 1.28 bits per heavy atom. The lowest BCUT2D eigenvalue weighted by molar-refractivity contribution is 0.249. The van der Waals surface area contributed by atoms with Crippen LogP contribution in [0.3, 0.4) is 0 Å². The van der Waals surface area contributed by atoms with E-state index >= 15 is 0 Å². The molecule has 1 heterocycles. The minimum atomic E-state index is 0.625. The van der Waals surface area contributed by atoms with Crippen molar-refractivity contribution in [3.8, 4) is 0 Å². The molecule has 1 aromatic rings. The minimum absolute atomic E-state index is 0.625.